The van der Waals surface area contributed by atoms with Gasteiger partial charge < -0.3 is 10.6 Å². The van der Waals surface area contributed by atoms with Gasteiger partial charge in [0.25, 0.3) is 0 Å². The third-order valence-electron chi connectivity index (χ3n) is 0.866. The molecule has 0 aliphatic carbocycles. The molecule has 0 spiro atoms. The minimum atomic E-state index is -0.998. The Labute approximate surface area is 57.9 Å². The third kappa shape index (κ3) is 1.62. The molecule has 1 aliphatic heterocycles. The molecule has 50 valence electrons. The van der Waals surface area contributed by atoms with Crippen LogP contribution in [0.3, 0.4) is 0 Å². The first-order valence-electron chi connectivity index (χ1n) is 2.38. The van der Waals surface area contributed by atoms with Crippen LogP contribution in [0.1, 0.15) is 0 Å². The number of hydrogen-bond donors (Lipinski definition) is 4. The van der Waals surface area contributed by atoms with Crippen LogP contribution in [0, 0.1) is 0 Å². The first kappa shape index (κ1) is 6.44. The number of urea groups is 1. The molecule has 4 nitrogen and oxygen atoms in total. The van der Waals surface area contributed by atoms with Crippen molar-refractivity contribution in [1.29, 1.82) is 0 Å². The first-order valence-corrected chi connectivity index (χ1v) is 2.82. The molecule has 1 unspecified atom stereocenters. The fourth-order valence-electron chi connectivity index (χ4n) is 0.504. The van der Waals surface area contributed by atoms with Crippen LogP contribution in [-0.2, 0) is 0 Å². The zero-order valence-corrected chi connectivity index (χ0v) is 5.48. The second kappa shape index (κ2) is 1.93. The third-order valence-corrected chi connectivity index (χ3v) is 1.13. The number of nitrogens with two attached hydrogens (primary N) is 1. The predicted molar refractivity (Wildman–Crippen MR) is 36.7 cm³/mol. The molecular weight excluding hydrogens is 138 g/mol. The lowest BCUT2D eigenvalue weighted by molar-refractivity contribution is 0.239. The van der Waals surface area contributed by atoms with Gasteiger partial charge in [0.1, 0.15) is 0 Å². The summed E-state index contributed by atoms with van der Waals surface area (Å²) in [7, 11) is 0. The maximum Gasteiger partial charge on any atom is 0.321 e. The Morgan fingerprint density at radius 1 is 1.78 bits per heavy atom. The fourth-order valence-corrected chi connectivity index (χ4v) is 0.680. The normalized spacial score (nSPS) is 33.3. The molecule has 0 radical (unpaired) electrons. The molecule has 2 amide bonds. The molecule has 1 heterocycles. The quantitative estimate of drug-likeness (QED) is 0.270. The number of rotatable bonds is 0. The summed E-state index contributed by atoms with van der Waals surface area (Å²) in [5.41, 5.74) is 5.37. The number of hydrogen-bond acceptors (Lipinski definition) is 3. The van der Waals surface area contributed by atoms with E-state index in [1.807, 2.05) is 0 Å². The highest BCUT2D eigenvalue weighted by molar-refractivity contribution is 7.81. The number of thiol groups is 1. The minimum absolute atomic E-state index is 0.338. The first-order chi connectivity index (χ1) is 4.10. The van der Waals surface area contributed by atoms with Crippen molar-refractivity contribution < 1.29 is 4.79 Å². The highest BCUT2D eigenvalue weighted by Crippen LogP contribution is 2.04. The van der Waals surface area contributed by atoms with Gasteiger partial charge in [-0.2, -0.15) is 0 Å². The molecule has 5 heteroatoms. The molecule has 1 atom stereocenters. The number of amides is 2. The second-order valence-corrected chi connectivity index (χ2v) is 2.50. The Balaban J connectivity index is 2.71. The molecular formula is C4H7N3OS. The molecule has 0 bridgehead atoms. The van der Waals surface area contributed by atoms with Gasteiger partial charge in [0.2, 0.25) is 0 Å². The topological polar surface area (TPSA) is 67.1 Å². The van der Waals surface area contributed by atoms with Gasteiger partial charge in [-0.15, -0.1) is 12.6 Å². The van der Waals surface area contributed by atoms with Crippen molar-refractivity contribution >= 4 is 18.7 Å². The molecule has 0 fully saturated rings. The van der Waals surface area contributed by atoms with Gasteiger partial charge >= 0.3 is 6.03 Å². The van der Waals surface area contributed by atoms with E-state index in [2.05, 4.69) is 23.3 Å². The van der Waals surface area contributed by atoms with Gasteiger partial charge in [-0.3, -0.25) is 5.73 Å². The molecule has 0 saturated heterocycles. The summed E-state index contributed by atoms with van der Waals surface area (Å²) < 4.78 is 0. The summed E-state index contributed by atoms with van der Waals surface area (Å²) in [6.45, 7) is 0. The van der Waals surface area contributed by atoms with Crippen LogP contribution in [0.25, 0.3) is 0 Å². The van der Waals surface area contributed by atoms with Crippen LogP contribution >= 0.6 is 12.6 Å². The van der Waals surface area contributed by atoms with E-state index in [4.69, 9.17) is 5.73 Å². The van der Waals surface area contributed by atoms with Crippen LogP contribution in [0.2, 0.25) is 0 Å². The molecule has 0 aromatic heterocycles. The average molecular weight is 145 g/mol. The summed E-state index contributed by atoms with van der Waals surface area (Å²) in [6, 6.07) is -0.338. The largest absolute Gasteiger partial charge is 0.321 e. The second-order valence-electron chi connectivity index (χ2n) is 1.76. The van der Waals surface area contributed by atoms with Gasteiger partial charge in [-0.25, -0.2) is 4.79 Å². The van der Waals surface area contributed by atoms with Crippen molar-refractivity contribution in [3.63, 3.8) is 0 Å². The van der Waals surface area contributed by atoms with Crippen LogP contribution < -0.4 is 16.4 Å². The Hall–Kier alpha value is -0.680. The highest BCUT2D eigenvalue weighted by Gasteiger charge is 2.20. The Bertz CT molecular complexity index is 165. The zero-order chi connectivity index (χ0) is 6.91. The van der Waals surface area contributed by atoms with Crippen molar-refractivity contribution in [3.05, 3.63) is 12.3 Å². The van der Waals surface area contributed by atoms with Crippen LogP contribution in [0.15, 0.2) is 12.3 Å². The predicted octanol–water partition coefficient (Wildman–Crippen LogP) is -0.645. The number of nitrogens with one attached hydrogen (secondary N) is 2. The van der Waals surface area contributed by atoms with Crippen molar-refractivity contribution in [1.82, 2.24) is 10.6 Å². The smallest absolute Gasteiger partial charge is 0.315 e. The Morgan fingerprint density at radius 3 is 2.78 bits per heavy atom. The van der Waals surface area contributed by atoms with Crippen LogP contribution in [0.5, 0.6) is 0 Å². The van der Waals surface area contributed by atoms with E-state index >= 15 is 0 Å². The van der Waals surface area contributed by atoms with E-state index in [1.54, 1.807) is 0 Å². The van der Waals surface area contributed by atoms with E-state index in [0.717, 1.165) is 0 Å². The standard InChI is InChI=1S/C4H7N3OS/c5-4(9)1-2-6-3(8)7-4/h1-2,9H,5H2,(H2,6,7,8). The zero-order valence-electron chi connectivity index (χ0n) is 4.59. The van der Waals surface area contributed by atoms with Gasteiger partial charge in [-0.1, -0.05) is 0 Å². The lowest BCUT2D eigenvalue weighted by Crippen LogP contribution is -2.55. The minimum Gasteiger partial charge on any atom is -0.315 e. The van der Waals surface area contributed by atoms with E-state index < -0.39 is 4.99 Å². The summed E-state index contributed by atoms with van der Waals surface area (Å²) in [5.74, 6) is 0. The van der Waals surface area contributed by atoms with Crippen molar-refractivity contribution in [2.75, 3.05) is 0 Å². The number of carbonyl (C=O) groups is 1. The van der Waals surface area contributed by atoms with E-state index in [0.29, 0.717) is 0 Å². The van der Waals surface area contributed by atoms with Crippen molar-refractivity contribution in [2.24, 2.45) is 5.73 Å². The SMILES string of the molecule is NC1(S)C=CNC(=O)N1. The van der Waals surface area contributed by atoms with Crippen LogP contribution in [-0.4, -0.2) is 11.0 Å². The van der Waals surface area contributed by atoms with E-state index in [1.165, 1.54) is 12.3 Å². The van der Waals surface area contributed by atoms with Gasteiger partial charge in [0, 0.05) is 6.20 Å². The van der Waals surface area contributed by atoms with Gasteiger partial charge in [0.05, 0.1) is 0 Å². The highest BCUT2D eigenvalue weighted by atomic mass is 32.1. The Morgan fingerprint density at radius 2 is 2.44 bits per heavy atom. The molecule has 0 saturated carbocycles. The molecule has 1 aliphatic rings. The average Bonchev–Trinajstić information content (AvgIpc) is 1.60. The molecule has 4 N–H and O–H groups in total. The van der Waals surface area contributed by atoms with Crippen LogP contribution in [0.4, 0.5) is 4.79 Å². The summed E-state index contributed by atoms with van der Waals surface area (Å²) >= 11 is 3.90. The van der Waals surface area contributed by atoms with Gasteiger partial charge in [-0.05, 0) is 6.08 Å². The molecule has 0 aromatic carbocycles. The maximum atomic E-state index is 10.5. The molecule has 9 heavy (non-hydrogen) atoms. The molecule has 0 aromatic rings. The van der Waals surface area contributed by atoms with Gasteiger partial charge in [0.15, 0.2) is 4.99 Å². The number of carbonyl (C=O) groups excluding carboxylic acids is 1. The fraction of sp³-hybridized carbons (Fsp3) is 0.250. The summed E-state index contributed by atoms with van der Waals surface area (Å²) in [6.07, 6.45) is 2.99. The van der Waals surface area contributed by atoms with E-state index in [-0.39, 0.29) is 6.03 Å². The summed E-state index contributed by atoms with van der Waals surface area (Å²) in [5, 5.41) is 4.74. The molecule has 1 rings (SSSR count). The lowest BCUT2D eigenvalue weighted by Gasteiger charge is -2.23. The van der Waals surface area contributed by atoms with E-state index in [9.17, 15) is 4.79 Å². The van der Waals surface area contributed by atoms with Crippen molar-refractivity contribution in [3.8, 4) is 0 Å². The summed E-state index contributed by atoms with van der Waals surface area (Å²) in [4.78, 5) is 9.48. The monoisotopic (exact) mass is 145 g/mol. The lowest BCUT2D eigenvalue weighted by atomic mass is 10.4. The maximum absolute atomic E-state index is 10.5. The Kier molecular flexibility index (Phi) is 1.38. The van der Waals surface area contributed by atoms with Crippen molar-refractivity contribution in [2.45, 2.75) is 4.99 Å².